The molecule has 2 rings (SSSR count). The monoisotopic (exact) mass is 368 g/mol. The summed E-state index contributed by atoms with van der Waals surface area (Å²) in [4.78, 5) is -0.364. The highest BCUT2D eigenvalue weighted by Crippen LogP contribution is 2.20. The van der Waals surface area contributed by atoms with Gasteiger partial charge < -0.3 is 0 Å². The van der Waals surface area contributed by atoms with Gasteiger partial charge >= 0.3 is 0 Å². The van der Waals surface area contributed by atoms with E-state index in [1.54, 1.807) is 24.3 Å². The first-order valence-corrected chi connectivity index (χ1v) is 8.15. The fourth-order valence-electron chi connectivity index (χ4n) is 1.73. The first kappa shape index (κ1) is 15.6. The van der Waals surface area contributed by atoms with Crippen LogP contribution in [0.2, 0.25) is 0 Å². The Kier molecular flexibility index (Phi) is 4.73. The molecule has 0 heterocycles. The zero-order chi connectivity index (χ0) is 15.5. The van der Waals surface area contributed by atoms with Gasteiger partial charge in [0.1, 0.15) is 22.3 Å². The fourth-order valence-corrected chi connectivity index (χ4v) is 3.32. The van der Waals surface area contributed by atoms with Gasteiger partial charge in [-0.1, -0.05) is 40.2 Å². The molecule has 0 aliphatic heterocycles. The molecule has 0 aliphatic rings. The van der Waals surface area contributed by atoms with Crippen LogP contribution < -0.4 is 4.72 Å². The molecule has 0 bridgehead atoms. The van der Waals surface area contributed by atoms with Gasteiger partial charge in [-0.15, -0.1) is 0 Å². The molecule has 2 aromatic rings. The van der Waals surface area contributed by atoms with E-state index in [0.717, 1.165) is 16.1 Å². The third kappa shape index (κ3) is 3.47. The quantitative estimate of drug-likeness (QED) is 0.901. The predicted octanol–water partition coefficient (Wildman–Crippen LogP) is 2.94. The van der Waals surface area contributed by atoms with Crippen LogP contribution in [0.1, 0.15) is 11.1 Å². The van der Waals surface area contributed by atoms with Crippen LogP contribution in [0.4, 0.5) is 4.39 Å². The minimum Gasteiger partial charge on any atom is -0.207 e. The molecular formula is C14H10BrFN2O2S. The average Bonchev–Trinajstić information content (AvgIpc) is 2.46. The normalized spacial score (nSPS) is 11.1. The Morgan fingerprint density at radius 1 is 1.19 bits per heavy atom. The van der Waals surface area contributed by atoms with Gasteiger partial charge in [-0.3, -0.25) is 0 Å². The van der Waals surface area contributed by atoms with E-state index in [4.69, 9.17) is 5.26 Å². The van der Waals surface area contributed by atoms with E-state index in [-0.39, 0.29) is 11.4 Å². The smallest absolute Gasteiger partial charge is 0.207 e. The van der Waals surface area contributed by atoms with Crippen LogP contribution in [0.5, 0.6) is 0 Å². The van der Waals surface area contributed by atoms with Crippen molar-refractivity contribution in [3.05, 3.63) is 63.9 Å². The number of hydrogen-bond donors (Lipinski definition) is 1. The first-order chi connectivity index (χ1) is 9.95. The maximum Gasteiger partial charge on any atom is 0.242 e. The highest BCUT2D eigenvalue weighted by atomic mass is 79.9. The number of benzene rings is 2. The molecule has 0 atom stereocenters. The number of nitrogens with zero attached hydrogens (tertiary/aromatic N) is 1. The minimum absolute atomic E-state index is 0.0329. The summed E-state index contributed by atoms with van der Waals surface area (Å²) in [5.74, 6) is -0.860. The lowest BCUT2D eigenvalue weighted by Crippen LogP contribution is -2.24. The lowest BCUT2D eigenvalue weighted by molar-refractivity contribution is 0.576. The molecule has 0 unspecified atom stereocenters. The summed E-state index contributed by atoms with van der Waals surface area (Å²) in [6.07, 6.45) is 0. The first-order valence-electron chi connectivity index (χ1n) is 5.87. The molecular weight excluding hydrogens is 359 g/mol. The van der Waals surface area contributed by atoms with Gasteiger partial charge in [-0.25, -0.2) is 17.5 Å². The van der Waals surface area contributed by atoms with Crippen LogP contribution in [-0.2, 0) is 16.6 Å². The third-order valence-corrected chi connectivity index (χ3v) is 5.00. The van der Waals surface area contributed by atoms with E-state index in [2.05, 4.69) is 20.7 Å². The number of nitriles is 1. The second kappa shape index (κ2) is 6.35. The zero-order valence-electron chi connectivity index (χ0n) is 10.7. The van der Waals surface area contributed by atoms with Gasteiger partial charge in [0.15, 0.2) is 0 Å². The number of sulfonamides is 1. The molecule has 4 nitrogen and oxygen atoms in total. The number of rotatable bonds is 4. The van der Waals surface area contributed by atoms with Crippen molar-refractivity contribution >= 4 is 26.0 Å². The van der Waals surface area contributed by atoms with Gasteiger partial charge in [0.05, 0.1) is 0 Å². The molecule has 108 valence electrons. The van der Waals surface area contributed by atoms with E-state index >= 15 is 0 Å². The highest BCUT2D eigenvalue weighted by Gasteiger charge is 2.21. The van der Waals surface area contributed by atoms with Gasteiger partial charge in [-0.05, 0) is 23.8 Å². The van der Waals surface area contributed by atoms with Gasteiger partial charge in [-0.2, -0.15) is 5.26 Å². The molecule has 7 heteroatoms. The lowest BCUT2D eigenvalue weighted by Gasteiger charge is -2.09. The van der Waals surface area contributed by atoms with Crippen molar-refractivity contribution in [1.82, 2.24) is 4.72 Å². The summed E-state index contributed by atoms with van der Waals surface area (Å²) >= 11 is 3.31. The van der Waals surface area contributed by atoms with Crippen molar-refractivity contribution in [2.75, 3.05) is 0 Å². The molecule has 1 N–H and O–H groups in total. The second-order valence-corrected chi connectivity index (χ2v) is 6.73. The fraction of sp³-hybridized carbons (Fsp3) is 0.0714. The average molecular weight is 369 g/mol. The van der Waals surface area contributed by atoms with Crippen molar-refractivity contribution in [3.8, 4) is 6.07 Å². The van der Waals surface area contributed by atoms with E-state index in [9.17, 15) is 12.8 Å². The van der Waals surface area contributed by atoms with Gasteiger partial charge in [0, 0.05) is 11.0 Å². The summed E-state index contributed by atoms with van der Waals surface area (Å²) in [6, 6.07) is 12.2. The van der Waals surface area contributed by atoms with Crippen LogP contribution in [-0.4, -0.2) is 8.42 Å². The molecule has 0 radical (unpaired) electrons. The minimum atomic E-state index is -3.97. The summed E-state index contributed by atoms with van der Waals surface area (Å²) in [6.45, 7) is 0.0329. The zero-order valence-corrected chi connectivity index (χ0v) is 13.1. The SMILES string of the molecule is N#Cc1c(F)cccc1S(=O)(=O)NCc1ccccc1Br. The Hall–Kier alpha value is -1.75. The summed E-state index contributed by atoms with van der Waals surface area (Å²) < 4.78 is 41.0. The summed E-state index contributed by atoms with van der Waals surface area (Å²) in [5, 5.41) is 8.90. The number of halogens is 2. The molecule has 0 amide bonds. The molecule has 0 saturated carbocycles. The van der Waals surface area contributed by atoms with Gasteiger partial charge in [0.25, 0.3) is 0 Å². The topological polar surface area (TPSA) is 70.0 Å². The molecule has 0 spiro atoms. The maximum absolute atomic E-state index is 13.5. The molecule has 0 saturated heterocycles. The van der Waals surface area contributed by atoms with Crippen molar-refractivity contribution in [2.24, 2.45) is 0 Å². The molecule has 0 aliphatic carbocycles. The van der Waals surface area contributed by atoms with Crippen LogP contribution in [0.3, 0.4) is 0 Å². The van der Waals surface area contributed by atoms with E-state index in [1.807, 2.05) is 6.07 Å². The van der Waals surface area contributed by atoms with Crippen LogP contribution in [0.25, 0.3) is 0 Å². The number of hydrogen-bond acceptors (Lipinski definition) is 3. The van der Waals surface area contributed by atoms with Crippen molar-refractivity contribution < 1.29 is 12.8 Å². The van der Waals surface area contributed by atoms with Crippen molar-refractivity contribution in [1.29, 1.82) is 5.26 Å². The van der Waals surface area contributed by atoms with Crippen LogP contribution in [0, 0.1) is 17.1 Å². The van der Waals surface area contributed by atoms with Crippen LogP contribution >= 0.6 is 15.9 Å². The Morgan fingerprint density at radius 2 is 1.90 bits per heavy atom. The molecule has 0 fully saturated rings. The van der Waals surface area contributed by atoms with E-state index in [0.29, 0.717) is 0 Å². The Morgan fingerprint density at radius 3 is 2.57 bits per heavy atom. The summed E-state index contributed by atoms with van der Waals surface area (Å²) in [5.41, 5.74) is 0.244. The van der Waals surface area contributed by atoms with E-state index < -0.39 is 21.4 Å². The molecule has 21 heavy (non-hydrogen) atoms. The Balaban J connectivity index is 2.30. The Labute approximate surface area is 130 Å². The third-order valence-electron chi connectivity index (χ3n) is 2.79. The van der Waals surface area contributed by atoms with Crippen LogP contribution in [0.15, 0.2) is 51.8 Å². The van der Waals surface area contributed by atoms with Gasteiger partial charge in [0.2, 0.25) is 10.0 Å². The summed E-state index contributed by atoms with van der Waals surface area (Å²) in [7, 11) is -3.97. The second-order valence-electron chi connectivity index (χ2n) is 4.14. The lowest BCUT2D eigenvalue weighted by atomic mass is 10.2. The maximum atomic E-state index is 13.5. The predicted molar refractivity (Wildman–Crippen MR) is 79.3 cm³/mol. The number of nitrogens with one attached hydrogen (secondary N) is 1. The van der Waals surface area contributed by atoms with E-state index in [1.165, 1.54) is 12.1 Å². The van der Waals surface area contributed by atoms with Crippen molar-refractivity contribution in [3.63, 3.8) is 0 Å². The largest absolute Gasteiger partial charge is 0.242 e. The molecule has 0 aromatic heterocycles. The molecule has 2 aromatic carbocycles. The highest BCUT2D eigenvalue weighted by molar-refractivity contribution is 9.10. The van der Waals surface area contributed by atoms with Crippen molar-refractivity contribution in [2.45, 2.75) is 11.4 Å². The Bertz CT molecular complexity index is 816. The standard InChI is InChI=1S/C14H10BrFN2O2S/c15-12-5-2-1-4-10(12)9-18-21(19,20)14-7-3-6-13(16)11(14)8-17/h1-7,18H,9H2.